The first-order chi connectivity index (χ1) is 20.7. The molecule has 9 N–H and O–H groups in total. The zero-order chi connectivity index (χ0) is 32.7. The Bertz CT molecular complexity index is 1310. The molecule has 0 unspecified atom stereocenters. The van der Waals surface area contributed by atoms with Crippen molar-refractivity contribution in [1.29, 1.82) is 0 Å². The predicted molar refractivity (Wildman–Crippen MR) is 160 cm³/mol. The minimum absolute atomic E-state index is 0.00559. The maximum absolute atomic E-state index is 13.5. The molecule has 11 nitrogen and oxygen atoms in total. The van der Waals surface area contributed by atoms with Crippen LogP contribution >= 0.6 is 0 Å². The molecule has 0 aromatic heterocycles. The fraction of sp³-hybridized carbons (Fsp3) is 0.483. The van der Waals surface area contributed by atoms with Crippen LogP contribution in [0.5, 0.6) is 0 Å². The summed E-state index contributed by atoms with van der Waals surface area (Å²) in [7, 11) is -1.29. The molecular weight excluding hydrogens is 580 g/mol. The van der Waals surface area contributed by atoms with Gasteiger partial charge in [0, 0.05) is 43.8 Å². The maximum Gasteiger partial charge on any atom is 0.494 e. The lowest BCUT2D eigenvalue weighted by Gasteiger charge is -2.23. The Balaban J connectivity index is 1.75. The van der Waals surface area contributed by atoms with Crippen LogP contribution in [0.4, 0.5) is 18.9 Å². The Morgan fingerprint density at radius 2 is 1.66 bits per heavy atom. The van der Waals surface area contributed by atoms with Crippen molar-refractivity contribution >= 4 is 36.0 Å². The molecule has 15 heteroatoms. The van der Waals surface area contributed by atoms with Gasteiger partial charge < -0.3 is 42.4 Å². The number of aryl methyl sites for hydroxylation is 1. The minimum atomic E-state index is -4.49. The molecule has 0 bridgehead atoms. The Morgan fingerprint density at radius 1 is 1.02 bits per heavy atom. The fourth-order valence-corrected chi connectivity index (χ4v) is 5.05. The van der Waals surface area contributed by atoms with E-state index in [0.717, 1.165) is 12.1 Å². The number of hydrogen-bond donors (Lipinski definition) is 6. The highest BCUT2D eigenvalue weighted by atomic mass is 19.4. The van der Waals surface area contributed by atoms with E-state index in [1.807, 2.05) is 0 Å². The van der Waals surface area contributed by atoms with E-state index in [1.165, 1.54) is 17.0 Å². The number of nitrogens with zero attached hydrogens (tertiary/aromatic N) is 1. The van der Waals surface area contributed by atoms with E-state index >= 15 is 0 Å². The number of fused-ring (bicyclic) bond motifs is 1. The summed E-state index contributed by atoms with van der Waals surface area (Å²) in [4.78, 5) is 40.6. The van der Waals surface area contributed by atoms with Crippen LogP contribution in [-0.4, -0.2) is 73.0 Å². The largest absolute Gasteiger partial charge is 0.494 e. The topological polar surface area (TPSA) is 186 Å². The number of anilines is 1. The van der Waals surface area contributed by atoms with Crippen LogP contribution in [0, 0.1) is 0 Å². The molecule has 0 radical (unpaired) electrons. The Kier molecular flexibility index (Phi) is 11.9. The first-order valence-electron chi connectivity index (χ1n) is 14.4. The monoisotopic (exact) mass is 620 g/mol. The number of alkyl halides is 3. The molecule has 1 aliphatic heterocycles. The minimum Gasteiger partial charge on any atom is -0.423 e. The van der Waals surface area contributed by atoms with Crippen molar-refractivity contribution in [2.45, 2.75) is 63.4 Å². The van der Waals surface area contributed by atoms with E-state index in [0.29, 0.717) is 29.7 Å². The third kappa shape index (κ3) is 9.02. The van der Waals surface area contributed by atoms with Crippen LogP contribution in [0.15, 0.2) is 42.5 Å². The van der Waals surface area contributed by atoms with Gasteiger partial charge in [0.15, 0.2) is 0 Å². The van der Waals surface area contributed by atoms with Gasteiger partial charge in [0.05, 0.1) is 17.2 Å². The molecule has 44 heavy (non-hydrogen) atoms. The lowest BCUT2D eigenvalue weighted by atomic mass is 9.77. The summed E-state index contributed by atoms with van der Waals surface area (Å²) < 4.78 is 44.6. The maximum atomic E-state index is 13.5. The summed E-state index contributed by atoms with van der Waals surface area (Å²) in [5.74, 6) is -1.57. The van der Waals surface area contributed by atoms with Gasteiger partial charge in [-0.1, -0.05) is 24.3 Å². The Labute approximate surface area is 254 Å². The highest BCUT2D eigenvalue weighted by Gasteiger charge is 2.42. The number of carbonyl (C=O) groups excluding carboxylic acids is 3. The molecule has 3 amide bonds. The van der Waals surface area contributed by atoms with Gasteiger partial charge in [-0.05, 0) is 62.4 Å². The van der Waals surface area contributed by atoms with E-state index in [-0.39, 0.29) is 50.4 Å². The highest BCUT2D eigenvalue weighted by Crippen LogP contribution is 2.32. The average Bonchev–Trinajstić information content (AvgIpc) is 3.21. The van der Waals surface area contributed by atoms with E-state index in [1.54, 1.807) is 32.0 Å². The first-order valence-corrected chi connectivity index (χ1v) is 14.4. The van der Waals surface area contributed by atoms with Crippen LogP contribution in [0.3, 0.4) is 0 Å². The summed E-state index contributed by atoms with van der Waals surface area (Å²) >= 11 is 0. The van der Waals surface area contributed by atoms with Crippen LogP contribution in [0.25, 0.3) is 0 Å². The van der Waals surface area contributed by atoms with Crippen molar-refractivity contribution < 1.29 is 37.2 Å². The molecule has 3 rings (SSSR count). The fourth-order valence-electron chi connectivity index (χ4n) is 5.05. The lowest BCUT2D eigenvalue weighted by molar-refractivity contribution is -0.137. The predicted octanol–water partition coefficient (Wildman–Crippen LogP) is 0.568. The molecule has 0 saturated heterocycles. The number of rotatable bonds is 14. The number of benzene rings is 2. The second-order valence-corrected chi connectivity index (χ2v) is 11.1. The number of nitrogens with two attached hydrogens (primary N) is 3. The van der Waals surface area contributed by atoms with Crippen molar-refractivity contribution in [2.24, 2.45) is 17.2 Å². The summed E-state index contributed by atoms with van der Waals surface area (Å²) in [5.41, 5.74) is 17.5. The molecule has 240 valence electrons. The molecule has 1 heterocycles. The second-order valence-electron chi connectivity index (χ2n) is 11.1. The standard InChI is InChI=1S/C29H40BF3N6O5/c1-28(2)20-4-3-5-22(25(20)30(43)44-28)37-27(42)23(12-8-18-6-9-19(10-7-18)29(31,32)33)38-26(41)21(36)11-13-24(40)39(16-14-34)17-15-35/h3-7,9-10,21,23,43H,8,11-17,34-36H2,1-2H3,(H,37,42)(H,38,41)/t21-,23+/m0/s1. The van der Waals surface area contributed by atoms with E-state index < -0.39 is 48.4 Å². The third-order valence-corrected chi connectivity index (χ3v) is 7.46. The SMILES string of the molecule is CC1(C)OB(O)c2c(NC(=O)[C@@H](CCc3ccc(C(F)(F)F)cc3)NC(=O)[C@@H](N)CCC(=O)N(CCN)CCN)cccc21. The van der Waals surface area contributed by atoms with Crippen LogP contribution in [0.1, 0.15) is 49.8 Å². The number of nitrogens with one attached hydrogen (secondary N) is 2. The Morgan fingerprint density at radius 3 is 2.25 bits per heavy atom. The zero-order valence-electron chi connectivity index (χ0n) is 24.8. The van der Waals surface area contributed by atoms with Gasteiger partial charge in [-0.2, -0.15) is 13.2 Å². The van der Waals surface area contributed by atoms with E-state index in [4.69, 9.17) is 21.9 Å². The van der Waals surface area contributed by atoms with Crippen LogP contribution in [0.2, 0.25) is 0 Å². The van der Waals surface area contributed by atoms with Gasteiger partial charge >= 0.3 is 13.3 Å². The van der Waals surface area contributed by atoms with Gasteiger partial charge in [0.25, 0.3) is 0 Å². The van der Waals surface area contributed by atoms with Crippen LogP contribution in [-0.2, 0) is 37.2 Å². The smallest absolute Gasteiger partial charge is 0.423 e. The quantitative estimate of drug-likeness (QED) is 0.166. The normalized spacial score (nSPS) is 15.3. The summed E-state index contributed by atoms with van der Waals surface area (Å²) in [6.07, 6.45) is -4.36. The molecule has 0 aliphatic carbocycles. The average molecular weight is 620 g/mol. The molecule has 0 fully saturated rings. The molecule has 2 aromatic rings. The second kappa shape index (κ2) is 15.0. The number of halogens is 3. The van der Waals surface area contributed by atoms with Crippen molar-refractivity contribution in [1.82, 2.24) is 10.2 Å². The van der Waals surface area contributed by atoms with Crippen LogP contribution < -0.4 is 33.3 Å². The molecular formula is C29H40BF3N6O5. The summed E-state index contributed by atoms with van der Waals surface area (Å²) in [6, 6.07) is 7.29. The molecule has 0 saturated carbocycles. The zero-order valence-corrected chi connectivity index (χ0v) is 24.8. The highest BCUT2D eigenvalue weighted by molar-refractivity contribution is 6.64. The third-order valence-electron chi connectivity index (χ3n) is 7.46. The number of amides is 3. The number of hydrogen-bond acceptors (Lipinski definition) is 8. The van der Waals surface area contributed by atoms with Gasteiger partial charge in [-0.25, -0.2) is 0 Å². The molecule has 2 atom stereocenters. The van der Waals surface area contributed by atoms with Gasteiger partial charge in [0.2, 0.25) is 17.7 Å². The van der Waals surface area contributed by atoms with Crippen molar-refractivity contribution in [3.05, 3.63) is 59.2 Å². The van der Waals surface area contributed by atoms with Crippen molar-refractivity contribution in [3.63, 3.8) is 0 Å². The lowest BCUT2D eigenvalue weighted by Crippen LogP contribution is -2.51. The van der Waals surface area contributed by atoms with Crippen molar-refractivity contribution in [3.8, 4) is 0 Å². The van der Waals surface area contributed by atoms with Gasteiger partial charge in [-0.15, -0.1) is 0 Å². The molecule has 1 aliphatic rings. The summed E-state index contributed by atoms with van der Waals surface area (Å²) in [5, 5.41) is 15.9. The Hall–Kier alpha value is -3.50. The van der Waals surface area contributed by atoms with Gasteiger partial charge in [-0.3, -0.25) is 14.4 Å². The van der Waals surface area contributed by atoms with Gasteiger partial charge in [0.1, 0.15) is 6.04 Å². The first kappa shape index (κ1) is 35.0. The van der Waals surface area contributed by atoms with Crippen molar-refractivity contribution in [2.75, 3.05) is 31.5 Å². The molecule has 0 spiro atoms. The summed E-state index contributed by atoms with van der Waals surface area (Å²) in [6.45, 7) is 4.67. The molecule has 2 aromatic carbocycles. The van der Waals surface area contributed by atoms with E-state index in [9.17, 15) is 32.6 Å². The number of carbonyl (C=O) groups is 3. The van der Waals surface area contributed by atoms with E-state index in [2.05, 4.69) is 10.6 Å².